The number of carbonyl (C=O) groups is 2. The predicted octanol–water partition coefficient (Wildman–Crippen LogP) is -0.106. The SMILES string of the molecule is CC1(C)C(C(=O)O)C1C(=O)NCC1CCS(=O)(=O)C1. The number of amides is 1. The van der Waals surface area contributed by atoms with E-state index in [1.165, 1.54) is 0 Å². The van der Waals surface area contributed by atoms with Gasteiger partial charge in [0.2, 0.25) is 5.91 Å². The summed E-state index contributed by atoms with van der Waals surface area (Å²) in [5, 5.41) is 11.7. The molecule has 2 rings (SSSR count). The second kappa shape index (κ2) is 4.47. The van der Waals surface area contributed by atoms with Crippen LogP contribution in [0.2, 0.25) is 0 Å². The predicted molar refractivity (Wildman–Crippen MR) is 68.2 cm³/mol. The minimum atomic E-state index is -2.94. The van der Waals surface area contributed by atoms with Crippen LogP contribution in [0.25, 0.3) is 0 Å². The van der Waals surface area contributed by atoms with Crippen molar-refractivity contribution in [3.05, 3.63) is 0 Å². The minimum Gasteiger partial charge on any atom is -0.481 e. The maximum absolute atomic E-state index is 11.9. The Hall–Kier alpha value is -1.11. The van der Waals surface area contributed by atoms with E-state index in [1.807, 2.05) is 0 Å². The zero-order valence-corrected chi connectivity index (χ0v) is 11.9. The molecule has 1 heterocycles. The van der Waals surface area contributed by atoms with Crippen LogP contribution < -0.4 is 5.32 Å². The molecule has 108 valence electrons. The first-order valence-electron chi connectivity index (χ1n) is 6.36. The molecule has 1 aliphatic heterocycles. The zero-order valence-electron chi connectivity index (χ0n) is 11.0. The summed E-state index contributed by atoms with van der Waals surface area (Å²) in [5.41, 5.74) is -0.516. The first-order valence-corrected chi connectivity index (χ1v) is 8.18. The first-order chi connectivity index (χ1) is 8.65. The molecule has 2 N–H and O–H groups in total. The van der Waals surface area contributed by atoms with Gasteiger partial charge in [-0.1, -0.05) is 13.8 Å². The molecule has 0 spiro atoms. The van der Waals surface area contributed by atoms with Gasteiger partial charge in [-0.3, -0.25) is 9.59 Å². The Morgan fingerprint density at radius 2 is 1.95 bits per heavy atom. The van der Waals surface area contributed by atoms with Gasteiger partial charge in [-0.2, -0.15) is 0 Å². The van der Waals surface area contributed by atoms with Crippen molar-refractivity contribution in [3.63, 3.8) is 0 Å². The molecule has 19 heavy (non-hydrogen) atoms. The average molecular weight is 289 g/mol. The smallest absolute Gasteiger partial charge is 0.307 e. The van der Waals surface area contributed by atoms with E-state index in [1.54, 1.807) is 13.8 Å². The fourth-order valence-corrected chi connectivity index (χ4v) is 4.84. The normalized spacial score (nSPS) is 34.7. The van der Waals surface area contributed by atoms with Crippen LogP contribution in [0, 0.1) is 23.2 Å². The van der Waals surface area contributed by atoms with Gasteiger partial charge in [0.25, 0.3) is 0 Å². The average Bonchev–Trinajstić information content (AvgIpc) is 2.67. The van der Waals surface area contributed by atoms with Crippen molar-refractivity contribution in [1.29, 1.82) is 0 Å². The molecular formula is C12H19NO5S. The highest BCUT2D eigenvalue weighted by molar-refractivity contribution is 7.91. The van der Waals surface area contributed by atoms with Gasteiger partial charge in [-0.25, -0.2) is 8.42 Å². The molecule has 7 heteroatoms. The van der Waals surface area contributed by atoms with Gasteiger partial charge in [-0.05, 0) is 17.8 Å². The topological polar surface area (TPSA) is 101 Å². The van der Waals surface area contributed by atoms with Crippen LogP contribution in [0.3, 0.4) is 0 Å². The third-order valence-corrected chi connectivity index (χ3v) is 6.10. The molecule has 2 fully saturated rings. The maximum atomic E-state index is 11.9. The van der Waals surface area contributed by atoms with E-state index in [4.69, 9.17) is 5.11 Å². The van der Waals surface area contributed by atoms with E-state index < -0.39 is 33.1 Å². The van der Waals surface area contributed by atoms with E-state index >= 15 is 0 Å². The lowest BCUT2D eigenvalue weighted by Gasteiger charge is -2.10. The number of hydrogen-bond acceptors (Lipinski definition) is 4. The second-order valence-corrected chi connectivity index (χ2v) is 8.36. The van der Waals surface area contributed by atoms with Gasteiger partial charge in [-0.15, -0.1) is 0 Å². The van der Waals surface area contributed by atoms with Crippen LogP contribution in [0.15, 0.2) is 0 Å². The van der Waals surface area contributed by atoms with Crippen molar-refractivity contribution >= 4 is 21.7 Å². The van der Waals surface area contributed by atoms with Gasteiger partial charge in [0.1, 0.15) is 0 Å². The minimum absolute atomic E-state index is 0.0425. The van der Waals surface area contributed by atoms with Crippen molar-refractivity contribution in [2.45, 2.75) is 20.3 Å². The fraction of sp³-hybridized carbons (Fsp3) is 0.833. The molecular weight excluding hydrogens is 270 g/mol. The molecule has 3 atom stereocenters. The Morgan fingerprint density at radius 3 is 2.37 bits per heavy atom. The second-order valence-electron chi connectivity index (χ2n) is 6.13. The summed E-state index contributed by atoms with van der Waals surface area (Å²) < 4.78 is 22.6. The number of aliphatic carboxylic acids is 1. The highest BCUT2D eigenvalue weighted by Crippen LogP contribution is 2.58. The molecule has 1 saturated carbocycles. The molecule has 0 bridgehead atoms. The lowest BCUT2D eigenvalue weighted by atomic mass is 10.1. The Morgan fingerprint density at radius 1 is 1.32 bits per heavy atom. The van der Waals surface area contributed by atoms with E-state index in [2.05, 4.69) is 5.32 Å². The lowest BCUT2D eigenvalue weighted by molar-refractivity contribution is -0.140. The Kier molecular flexibility index (Phi) is 3.36. The number of sulfone groups is 1. The summed E-state index contributed by atoms with van der Waals surface area (Å²) >= 11 is 0. The number of carboxylic acids is 1. The standard InChI is InChI=1S/C12H19NO5S/c1-12(2)8(9(12)11(15)16)10(14)13-5-7-3-4-19(17,18)6-7/h7-9H,3-6H2,1-2H3,(H,13,14)(H,15,16). The van der Waals surface area contributed by atoms with Gasteiger partial charge < -0.3 is 10.4 Å². The summed E-state index contributed by atoms with van der Waals surface area (Å²) in [6.07, 6.45) is 0.568. The molecule has 0 radical (unpaired) electrons. The molecule has 0 aromatic heterocycles. The molecule has 0 aromatic rings. The number of nitrogens with one attached hydrogen (secondary N) is 1. The van der Waals surface area contributed by atoms with Crippen molar-refractivity contribution in [3.8, 4) is 0 Å². The third-order valence-electron chi connectivity index (χ3n) is 4.27. The van der Waals surface area contributed by atoms with Gasteiger partial charge in [0.15, 0.2) is 9.84 Å². The van der Waals surface area contributed by atoms with E-state index in [9.17, 15) is 18.0 Å². The molecule has 0 aromatic carbocycles. The zero-order chi connectivity index (χ0) is 14.4. The van der Waals surface area contributed by atoms with Crippen molar-refractivity contribution < 1.29 is 23.1 Å². The van der Waals surface area contributed by atoms with E-state index in [0.717, 1.165) is 0 Å². The van der Waals surface area contributed by atoms with Crippen molar-refractivity contribution in [2.75, 3.05) is 18.1 Å². The number of carbonyl (C=O) groups excluding carboxylic acids is 1. The van der Waals surface area contributed by atoms with Gasteiger partial charge >= 0.3 is 5.97 Å². The molecule has 3 unspecified atom stereocenters. The highest BCUT2D eigenvalue weighted by Gasteiger charge is 2.65. The molecule has 1 amide bonds. The summed E-state index contributed by atoms with van der Waals surface area (Å²) in [7, 11) is -2.94. The Balaban J connectivity index is 1.85. The Bertz CT molecular complexity index is 510. The summed E-state index contributed by atoms with van der Waals surface area (Å²) in [6, 6.07) is 0. The van der Waals surface area contributed by atoms with E-state index in [0.29, 0.717) is 13.0 Å². The summed E-state index contributed by atoms with van der Waals surface area (Å²) in [5.74, 6) is -2.12. The van der Waals surface area contributed by atoms with Gasteiger partial charge in [0, 0.05) is 6.54 Å². The highest BCUT2D eigenvalue weighted by atomic mass is 32.2. The number of rotatable bonds is 4. The largest absolute Gasteiger partial charge is 0.481 e. The monoisotopic (exact) mass is 289 g/mol. The number of carboxylic acid groups (broad SMARTS) is 1. The lowest BCUT2D eigenvalue weighted by Crippen LogP contribution is -2.32. The quantitative estimate of drug-likeness (QED) is 0.752. The van der Waals surface area contributed by atoms with Crippen LogP contribution in [-0.4, -0.2) is 43.5 Å². The van der Waals surface area contributed by atoms with Crippen LogP contribution in [0.1, 0.15) is 20.3 Å². The third kappa shape index (κ3) is 2.75. The first kappa shape index (κ1) is 14.3. The van der Waals surface area contributed by atoms with Crippen LogP contribution >= 0.6 is 0 Å². The van der Waals surface area contributed by atoms with E-state index in [-0.39, 0.29) is 23.3 Å². The molecule has 1 aliphatic carbocycles. The van der Waals surface area contributed by atoms with Crippen LogP contribution in [0.5, 0.6) is 0 Å². The summed E-state index contributed by atoms with van der Waals surface area (Å²) in [6.45, 7) is 3.84. The fourth-order valence-electron chi connectivity index (χ4n) is 2.98. The summed E-state index contributed by atoms with van der Waals surface area (Å²) in [4.78, 5) is 22.9. The van der Waals surface area contributed by atoms with Crippen LogP contribution in [-0.2, 0) is 19.4 Å². The Labute approximate surface area is 112 Å². The molecule has 6 nitrogen and oxygen atoms in total. The van der Waals surface area contributed by atoms with Crippen molar-refractivity contribution in [1.82, 2.24) is 5.32 Å². The maximum Gasteiger partial charge on any atom is 0.307 e. The number of hydrogen-bond donors (Lipinski definition) is 2. The molecule has 1 saturated heterocycles. The van der Waals surface area contributed by atoms with Crippen LogP contribution in [0.4, 0.5) is 0 Å². The van der Waals surface area contributed by atoms with Crippen molar-refractivity contribution in [2.24, 2.45) is 23.2 Å². The molecule has 2 aliphatic rings. The van der Waals surface area contributed by atoms with Gasteiger partial charge in [0.05, 0.1) is 23.3 Å².